The van der Waals surface area contributed by atoms with E-state index >= 15 is 0 Å². The van der Waals surface area contributed by atoms with Gasteiger partial charge in [0.05, 0.1) is 24.7 Å². The number of esters is 2. The van der Waals surface area contributed by atoms with Crippen molar-refractivity contribution in [1.82, 2.24) is 0 Å². The maximum atomic E-state index is 10.7. The van der Waals surface area contributed by atoms with Crippen molar-refractivity contribution in [3.05, 3.63) is 0 Å². The summed E-state index contributed by atoms with van der Waals surface area (Å²) in [5.41, 5.74) is 0. The Hall–Kier alpha value is 0.439. The van der Waals surface area contributed by atoms with Crippen LogP contribution in [-0.2, 0) is 19.1 Å². The molecule has 0 saturated heterocycles. The van der Waals surface area contributed by atoms with E-state index in [-0.39, 0.29) is 44.6 Å². The molecule has 0 radical (unpaired) electrons. The van der Waals surface area contributed by atoms with Gasteiger partial charge in [-0.15, -0.1) is 0 Å². The van der Waals surface area contributed by atoms with Gasteiger partial charge in [-0.1, -0.05) is 0 Å². The van der Waals surface area contributed by atoms with Crippen molar-refractivity contribution < 1.29 is 19.1 Å². The summed E-state index contributed by atoms with van der Waals surface area (Å²) in [6.07, 6.45) is 3.58. The Kier molecular flexibility index (Phi) is 21.1. The molecule has 0 aliphatic carbocycles. The Labute approximate surface area is 137 Å². The zero-order chi connectivity index (χ0) is 14.9. The van der Waals surface area contributed by atoms with Crippen LogP contribution >= 0.6 is 25.3 Å². The van der Waals surface area contributed by atoms with Crippen molar-refractivity contribution in [2.24, 2.45) is 0 Å². The summed E-state index contributed by atoms with van der Waals surface area (Å²) in [5, 5.41) is 0. The normalized spacial score (nSPS) is 8.84. The first kappa shape index (κ1) is 21.7. The van der Waals surface area contributed by atoms with Crippen LogP contribution in [0.2, 0.25) is 9.88 Å². The first-order valence-electron chi connectivity index (χ1n) is 6.23. The van der Waals surface area contributed by atoms with E-state index in [9.17, 15) is 9.59 Å². The number of hydrogen-bond acceptors (Lipinski definition) is 6. The van der Waals surface area contributed by atoms with Crippen LogP contribution in [0.5, 0.6) is 0 Å². The molecule has 0 aromatic heterocycles. The minimum absolute atomic E-state index is 0.125. The summed E-state index contributed by atoms with van der Waals surface area (Å²) in [6, 6.07) is 0. The predicted molar refractivity (Wildman–Crippen MR) is 85.6 cm³/mol. The molecule has 0 unspecified atom stereocenters. The third-order valence-electron chi connectivity index (χ3n) is 1.82. The van der Waals surface area contributed by atoms with Gasteiger partial charge in [0.2, 0.25) is 0 Å². The third-order valence-corrected chi connectivity index (χ3v) is 2.34. The molecule has 110 valence electrons. The SMILES string of the molecule is O=C(CS)OCCCCCCOC(=O)CS.[CH3][Sn+2][CH3]. The van der Waals surface area contributed by atoms with E-state index in [1.54, 1.807) is 0 Å². The molecule has 0 amide bonds. The summed E-state index contributed by atoms with van der Waals surface area (Å²) in [6.45, 7) is 0.881. The van der Waals surface area contributed by atoms with E-state index in [1.807, 2.05) is 0 Å². The monoisotopic (exact) mass is 416 g/mol. The molecular formula is C12H24O4S2Sn+2. The van der Waals surface area contributed by atoms with Gasteiger partial charge in [0.15, 0.2) is 0 Å². The van der Waals surface area contributed by atoms with E-state index in [1.165, 1.54) is 0 Å². The number of rotatable bonds is 9. The van der Waals surface area contributed by atoms with Gasteiger partial charge >= 0.3 is 43.0 Å². The van der Waals surface area contributed by atoms with Gasteiger partial charge in [0.25, 0.3) is 0 Å². The minimum atomic E-state index is -0.286. The van der Waals surface area contributed by atoms with Crippen LogP contribution in [0.3, 0.4) is 0 Å². The molecule has 0 fully saturated rings. The first-order valence-corrected chi connectivity index (χ1v) is 13.2. The fraction of sp³-hybridized carbons (Fsp3) is 0.833. The molecule has 0 spiro atoms. The van der Waals surface area contributed by atoms with Crippen LogP contribution in [0, 0.1) is 0 Å². The molecule has 19 heavy (non-hydrogen) atoms. The molecule has 0 aliphatic rings. The predicted octanol–water partition coefficient (Wildman–Crippen LogP) is 2.28. The van der Waals surface area contributed by atoms with Crippen molar-refractivity contribution in [3.63, 3.8) is 0 Å². The summed E-state index contributed by atoms with van der Waals surface area (Å²) in [4.78, 5) is 26.0. The molecule has 0 aromatic carbocycles. The van der Waals surface area contributed by atoms with Crippen LogP contribution in [-0.4, -0.2) is 57.8 Å². The van der Waals surface area contributed by atoms with Crippen molar-refractivity contribution in [3.8, 4) is 0 Å². The Morgan fingerprint density at radius 3 is 1.42 bits per heavy atom. The second kappa shape index (κ2) is 18.4. The molecule has 0 saturated carbocycles. The van der Waals surface area contributed by atoms with Crippen molar-refractivity contribution in [1.29, 1.82) is 0 Å². The maximum absolute atomic E-state index is 10.7. The van der Waals surface area contributed by atoms with E-state index < -0.39 is 0 Å². The standard InChI is InChI=1S/C10H18O4S2.2CH3.Sn/c11-9(7-15)13-5-3-1-2-4-6-14-10(12)8-16;;;/h15-16H,1-8H2;2*1H3;/q;;;+2. The zero-order valence-electron chi connectivity index (χ0n) is 11.7. The second-order valence-electron chi connectivity index (χ2n) is 3.67. The van der Waals surface area contributed by atoms with Gasteiger partial charge in [-0.3, -0.25) is 9.59 Å². The van der Waals surface area contributed by atoms with Crippen LogP contribution in [0.4, 0.5) is 0 Å². The Morgan fingerprint density at radius 1 is 0.842 bits per heavy atom. The van der Waals surface area contributed by atoms with Crippen molar-refractivity contribution in [2.45, 2.75) is 35.6 Å². The van der Waals surface area contributed by atoms with Gasteiger partial charge in [-0.25, -0.2) is 0 Å². The first-order chi connectivity index (χ1) is 9.12. The zero-order valence-corrected chi connectivity index (χ0v) is 16.3. The molecule has 0 aromatic rings. The fourth-order valence-electron chi connectivity index (χ4n) is 1.02. The summed E-state index contributed by atoms with van der Waals surface area (Å²) >= 11 is 7.80. The van der Waals surface area contributed by atoms with E-state index in [4.69, 9.17) is 9.47 Å². The molecule has 0 bridgehead atoms. The summed E-state index contributed by atoms with van der Waals surface area (Å²) in [7, 11) is 0. The Bertz CT molecular complexity index is 206. The number of carbonyl (C=O) groups is 2. The molecule has 0 atom stereocenters. The van der Waals surface area contributed by atoms with Gasteiger partial charge in [0, 0.05) is 0 Å². The quantitative estimate of drug-likeness (QED) is 0.263. The summed E-state index contributed by atoms with van der Waals surface area (Å²) in [5.74, 6) is -0.323. The molecule has 0 rings (SSSR count). The van der Waals surface area contributed by atoms with Crippen molar-refractivity contribution in [2.75, 3.05) is 24.7 Å². The molecule has 4 nitrogen and oxygen atoms in total. The van der Waals surface area contributed by atoms with Gasteiger partial charge in [0.1, 0.15) is 0 Å². The van der Waals surface area contributed by atoms with E-state index in [2.05, 4.69) is 35.1 Å². The van der Waals surface area contributed by atoms with Crippen LogP contribution < -0.4 is 0 Å². The van der Waals surface area contributed by atoms with Gasteiger partial charge < -0.3 is 9.47 Å². The average Bonchev–Trinajstić information content (AvgIpc) is 2.41. The number of ether oxygens (including phenoxy) is 2. The molecule has 7 heteroatoms. The third kappa shape index (κ3) is 20.9. The molecule has 0 aliphatic heterocycles. The average molecular weight is 415 g/mol. The van der Waals surface area contributed by atoms with Crippen molar-refractivity contribution >= 4 is 58.3 Å². The van der Waals surface area contributed by atoms with Crippen LogP contribution in [0.25, 0.3) is 0 Å². The van der Waals surface area contributed by atoms with Gasteiger partial charge in [-0.2, -0.15) is 25.3 Å². The number of thiol groups is 2. The Balaban J connectivity index is 0. The number of unbranched alkanes of at least 4 members (excludes halogenated alkanes) is 3. The number of hydrogen-bond donors (Lipinski definition) is 2. The molecule has 0 N–H and O–H groups in total. The molecule has 0 heterocycles. The second-order valence-corrected chi connectivity index (χ2v) is 7.16. The Morgan fingerprint density at radius 2 is 1.16 bits per heavy atom. The van der Waals surface area contributed by atoms with Gasteiger partial charge in [-0.05, 0) is 25.7 Å². The van der Waals surface area contributed by atoms with Crippen LogP contribution in [0.1, 0.15) is 25.7 Å². The van der Waals surface area contributed by atoms with E-state index in [0.717, 1.165) is 25.7 Å². The summed E-state index contributed by atoms with van der Waals surface area (Å²) < 4.78 is 9.69. The number of carbonyl (C=O) groups excluding carboxylic acids is 2. The van der Waals surface area contributed by atoms with E-state index in [0.29, 0.717) is 13.2 Å². The molecular weight excluding hydrogens is 391 g/mol. The van der Waals surface area contributed by atoms with Crippen LogP contribution in [0.15, 0.2) is 0 Å². The topological polar surface area (TPSA) is 52.6 Å². The fourth-order valence-corrected chi connectivity index (χ4v) is 1.20.